The van der Waals surface area contributed by atoms with Crippen molar-refractivity contribution in [2.75, 3.05) is 42.5 Å². The first-order chi connectivity index (χ1) is 14.3. The smallest absolute Gasteiger partial charge is 0.272 e. The quantitative estimate of drug-likeness (QED) is 0.670. The van der Waals surface area contributed by atoms with E-state index in [2.05, 4.69) is 38.8 Å². The first kappa shape index (κ1) is 18.9. The molecule has 1 saturated heterocycles. The summed E-state index contributed by atoms with van der Waals surface area (Å²) in [6.45, 7) is 5.78. The molecule has 0 saturated carbocycles. The maximum absolute atomic E-state index is 13.1. The van der Waals surface area contributed by atoms with Crippen molar-refractivity contribution in [2.24, 2.45) is 0 Å². The molecule has 0 spiro atoms. The summed E-state index contributed by atoms with van der Waals surface area (Å²) < 4.78 is 0. The molecule has 1 aromatic carbocycles. The van der Waals surface area contributed by atoms with E-state index in [0.29, 0.717) is 18.8 Å². The first-order valence-electron chi connectivity index (χ1n) is 10.00. The number of hydrogen-bond donors (Lipinski definition) is 0. The summed E-state index contributed by atoms with van der Waals surface area (Å²) in [5.41, 5.74) is 2.57. The van der Waals surface area contributed by atoms with Gasteiger partial charge in [-0.05, 0) is 43.3 Å². The monoisotopic (exact) mass is 387 g/mol. The Morgan fingerprint density at radius 2 is 1.66 bits per heavy atom. The third-order valence-corrected chi connectivity index (χ3v) is 5.20. The molecular weight excluding hydrogens is 362 g/mol. The molecule has 2 aromatic heterocycles. The topological polar surface area (TPSA) is 52.6 Å². The maximum atomic E-state index is 13.1. The summed E-state index contributed by atoms with van der Waals surface area (Å²) in [7, 11) is 0. The van der Waals surface area contributed by atoms with Gasteiger partial charge in [0.05, 0.1) is 0 Å². The predicted molar refractivity (Wildman–Crippen MR) is 116 cm³/mol. The molecule has 6 heteroatoms. The molecule has 1 aliphatic heterocycles. The van der Waals surface area contributed by atoms with Crippen molar-refractivity contribution in [3.05, 3.63) is 78.8 Å². The second-order valence-electron chi connectivity index (χ2n) is 6.95. The minimum absolute atomic E-state index is 0.0170. The standard InChI is InChI=1S/C23H25N5O/c1-2-28(19-8-4-3-5-9-19)20-11-13-24-21(18-20)23(29)27-16-14-26(15-17-27)22-10-6-7-12-25-22/h3-13,18H,2,14-17H2,1H3. The first-order valence-corrected chi connectivity index (χ1v) is 10.00. The molecule has 0 unspecified atom stereocenters. The van der Waals surface area contributed by atoms with Crippen molar-refractivity contribution in [1.82, 2.24) is 14.9 Å². The van der Waals surface area contributed by atoms with Crippen LogP contribution in [0.1, 0.15) is 17.4 Å². The zero-order chi connectivity index (χ0) is 20.1. The number of piperazine rings is 1. The third-order valence-electron chi connectivity index (χ3n) is 5.20. The number of carbonyl (C=O) groups excluding carboxylic acids is 1. The van der Waals surface area contributed by atoms with Gasteiger partial charge in [-0.25, -0.2) is 4.98 Å². The van der Waals surface area contributed by atoms with Crippen LogP contribution in [0.2, 0.25) is 0 Å². The fourth-order valence-electron chi connectivity index (χ4n) is 3.67. The molecule has 0 aliphatic carbocycles. The summed E-state index contributed by atoms with van der Waals surface area (Å²) in [5, 5.41) is 0. The van der Waals surface area contributed by atoms with E-state index in [0.717, 1.165) is 36.8 Å². The van der Waals surface area contributed by atoms with E-state index >= 15 is 0 Å². The van der Waals surface area contributed by atoms with Gasteiger partial charge in [-0.3, -0.25) is 9.78 Å². The lowest BCUT2D eigenvalue weighted by atomic mass is 10.2. The summed E-state index contributed by atoms with van der Waals surface area (Å²) in [4.78, 5) is 28.1. The highest BCUT2D eigenvalue weighted by atomic mass is 16.2. The molecule has 29 heavy (non-hydrogen) atoms. The Kier molecular flexibility index (Phi) is 5.70. The van der Waals surface area contributed by atoms with Crippen molar-refractivity contribution < 1.29 is 4.79 Å². The highest BCUT2D eigenvalue weighted by molar-refractivity contribution is 5.93. The van der Waals surface area contributed by atoms with Gasteiger partial charge in [-0.15, -0.1) is 0 Å². The van der Waals surface area contributed by atoms with Gasteiger partial charge in [0.2, 0.25) is 0 Å². The number of anilines is 3. The third kappa shape index (κ3) is 4.21. The molecule has 0 atom stereocenters. The molecule has 6 nitrogen and oxygen atoms in total. The van der Waals surface area contributed by atoms with E-state index in [1.54, 1.807) is 12.4 Å². The maximum Gasteiger partial charge on any atom is 0.272 e. The van der Waals surface area contributed by atoms with Crippen LogP contribution in [0.15, 0.2) is 73.1 Å². The lowest BCUT2D eigenvalue weighted by molar-refractivity contribution is 0.0740. The number of para-hydroxylation sites is 1. The Bertz CT molecular complexity index is 940. The molecule has 4 rings (SSSR count). The number of amides is 1. The van der Waals surface area contributed by atoms with Crippen molar-refractivity contribution >= 4 is 23.1 Å². The molecule has 148 valence electrons. The highest BCUT2D eigenvalue weighted by Crippen LogP contribution is 2.25. The van der Waals surface area contributed by atoms with E-state index in [1.807, 2.05) is 53.4 Å². The normalized spacial score (nSPS) is 14.0. The van der Waals surface area contributed by atoms with Gasteiger partial charge in [-0.1, -0.05) is 24.3 Å². The molecule has 0 bridgehead atoms. The van der Waals surface area contributed by atoms with Gasteiger partial charge in [0.25, 0.3) is 5.91 Å². The number of carbonyl (C=O) groups is 1. The number of pyridine rings is 2. The van der Waals surface area contributed by atoms with Crippen LogP contribution in [0.3, 0.4) is 0 Å². The van der Waals surface area contributed by atoms with Crippen LogP contribution in [0.5, 0.6) is 0 Å². The van der Waals surface area contributed by atoms with E-state index in [9.17, 15) is 4.79 Å². The molecule has 1 amide bonds. The molecule has 3 aromatic rings. The Morgan fingerprint density at radius 1 is 0.897 bits per heavy atom. The Hall–Kier alpha value is -3.41. The fraction of sp³-hybridized carbons (Fsp3) is 0.261. The van der Waals surface area contributed by atoms with Crippen LogP contribution in [0, 0.1) is 0 Å². The van der Waals surface area contributed by atoms with Crippen LogP contribution in [0.25, 0.3) is 0 Å². The Labute approximate surface area is 171 Å². The van der Waals surface area contributed by atoms with E-state index < -0.39 is 0 Å². The van der Waals surface area contributed by atoms with E-state index in [-0.39, 0.29) is 5.91 Å². The van der Waals surface area contributed by atoms with Gasteiger partial charge in [0.1, 0.15) is 11.5 Å². The number of hydrogen-bond acceptors (Lipinski definition) is 5. The number of benzene rings is 1. The van der Waals surface area contributed by atoms with Crippen molar-refractivity contribution in [3.8, 4) is 0 Å². The number of nitrogens with zero attached hydrogens (tertiary/aromatic N) is 5. The summed E-state index contributed by atoms with van der Waals surface area (Å²) in [6, 6.07) is 19.9. The van der Waals surface area contributed by atoms with Crippen molar-refractivity contribution in [2.45, 2.75) is 6.92 Å². The van der Waals surface area contributed by atoms with Crippen LogP contribution < -0.4 is 9.80 Å². The van der Waals surface area contributed by atoms with Crippen LogP contribution >= 0.6 is 0 Å². The highest BCUT2D eigenvalue weighted by Gasteiger charge is 2.24. The summed E-state index contributed by atoms with van der Waals surface area (Å²) >= 11 is 0. The van der Waals surface area contributed by atoms with E-state index in [1.165, 1.54) is 0 Å². The van der Waals surface area contributed by atoms with E-state index in [4.69, 9.17) is 0 Å². The minimum Gasteiger partial charge on any atom is -0.353 e. The van der Waals surface area contributed by atoms with Gasteiger partial charge >= 0.3 is 0 Å². The second kappa shape index (κ2) is 8.73. The average molecular weight is 387 g/mol. The Morgan fingerprint density at radius 3 is 2.34 bits per heavy atom. The van der Waals surface area contributed by atoms with Gasteiger partial charge in [0, 0.05) is 56.5 Å². The lowest BCUT2D eigenvalue weighted by Crippen LogP contribution is -2.49. The lowest BCUT2D eigenvalue weighted by Gasteiger charge is -2.35. The molecule has 3 heterocycles. The number of aromatic nitrogens is 2. The summed E-state index contributed by atoms with van der Waals surface area (Å²) in [5.74, 6) is 0.942. The zero-order valence-electron chi connectivity index (χ0n) is 16.6. The minimum atomic E-state index is -0.0170. The van der Waals surface area contributed by atoms with Crippen LogP contribution in [0.4, 0.5) is 17.2 Å². The molecule has 1 aliphatic rings. The fourth-order valence-corrected chi connectivity index (χ4v) is 3.67. The van der Waals surface area contributed by atoms with Crippen LogP contribution in [-0.4, -0.2) is 53.5 Å². The van der Waals surface area contributed by atoms with Crippen molar-refractivity contribution in [3.63, 3.8) is 0 Å². The summed E-state index contributed by atoms with van der Waals surface area (Å²) in [6.07, 6.45) is 3.52. The van der Waals surface area contributed by atoms with Gasteiger partial charge < -0.3 is 14.7 Å². The SMILES string of the molecule is CCN(c1ccccc1)c1ccnc(C(=O)N2CCN(c3ccccn3)CC2)c1. The largest absolute Gasteiger partial charge is 0.353 e. The van der Waals surface area contributed by atoms with Crippen LogP contribution in [-0.2, 0) is 0 Å². The van der Waals surface area contributed by atoms with Gasteiger partial charge in [0.15, 0.2) is 0 Å². The average Bonchev–Trinajstić information content (AvgIpc) is 2.81. The second-order valence-corrected chi connectivity index (χ2v) is 6.95. The Balaban J connectivity index is 1.46. The predicted octanol–water partition coefficient (Wildman–Crippen LogP) is 3.60. The molecule has 1 fully saturated rings. The molecule has 0 radical (unpaired) electrons. The molecular formula is C23H25N5O. The van der Waals surface area contributed by atoms with Crippen molar-refractivity contribution in [1.29, 1.82) is 0 Å². The molecule has 0 N–H and O–H groups in total. The van der Waals surface area contributed by atoms with Gasteiger partial charge in [-0.2, -0.15) is 0 Å². The number of rotatable bonds is 5. The zero-order valence-corrected chi connectivity index (χ0v) is 16.6.